The first-order valence-electron chi connectivity index (χ1n) is 6.00. The molecule has 1 saturated heterocycles. The summed E-state index contributed by atoms with van der Waals surface area (Å²) in [7, 11) is 0. The molecular formula is C12H12F2N4O. The number of hydrogen-bond acceptors (Lipinski definition) is 4. The minimum atomic E-state index is -1.08. The highest BCUT2D eigenvalue weighted by Crippen LogP contribution is 2.17. The zero-order valence-electron chi connectivity index (χ0n) is 10.0. The summed E-state index contributed by atoms with van der Waals surface area (Å²) in [6.45, 7) is 2.84. The summed E-state index contributed by atoms with van der Waals surface area (Å²) >= 11 is 0. The SMILES string of the molecule is O=c1[nH]c2c(F)c(F)ccc2nc1N1CCNCC1. The Kier molecular flexibility index (Phi) is 2.90. The van der Waals surface area contributed by atoms with Crippen LogP contribution in [0, 0.1) is 11.6 Å². The van der Waals surface area contributed by atoms with Crippen molar-refractivity contribution in [2.24, 2.45) is 0 Å². The molecule has 7 heteroatoms. The molecule has 0 aliphatic carbocycles. The van der Waals surface area contributed by atoms with E-state index in [1.54, 1.807) is 0 Å². The van der Waals surface area contributed by atoms with Crippen molar-refractivity contribution in [1.82, 2.24) is 15.3 Å². The molecule has 0 amide bonds. The number of fused-ring (bicyclic) bond motifs is 1. The van der Waals surface area contributed by atoms with Gasteiger partial charge in [0.25, 0.3) is 5.56 Å². The first-order valence-corrected chi connectivity index (χ1v) is 6.00. The fourth-order valence-electron chi connectivity index (χ4n) is 2.18. The lowest BCUT2D eigenvalue weighted by atomic mass is 10.2. The smallest absolute Gasteiger partial charge is 0.291 e. The highest BCUT2D eigenvalue weighted by atomic mass is 19.2. The van der Waals surface area contributed by atoms with Crippen LogP contribution < -0.4 is 15.8 Å². The van der Waals surface area contributed by atoms with Crippen LogP contribution in [0.25, 0.3) is 11.0 Å². The molecule has 3 rings (SSSR count). The number of nitrogens with one attached hydrogen (secondary N) is 2. The maximum Gasteiger partial charge on any atom is 0.291 e. The second-order valence-corrected chi connectivity index (χ2v) is 4.38. The molecule has 5 nitrogen and oxygen atoms in total. The first-order chi connectivity index (χ1) is 9.16. The maximum absolute atomic E-state index is 13.5. The second-order valence-electron chi connectivity index (χ2n) is 4.38. The molecule has 2 N–H and O–H groups in total. The van der Waals surface area contributed by atoms with Gasteiger partial charge in [-0.2, -0.15) is 0 Å². The van der Waals surface area contributed by atoms with Crippen LogP contribution in [-0.2, 0) is 0 Å². The zero-order valence-corrected chi connectivity index (χ0v) is 10.0. The summed E-state index contributed by atoms with van der Waals surface area (Å²) < 4.78 is 26.6. The van der Waals surface area contributed by atoms with Crippen molar-refractivity contribution in [3.8, 4) is 0 Å². The Balaban J connectivity index is 2.14. The van der Waals surface area contributed by atoms with Gasteiger partial charge in [0.2, 0.25) is 0 Å². The highest BCUT2D eigenvalue weighted by Gasteiger charge is 2.17. The number of halogens is 2. The third kappa shape index (κ3) is 2.06. The third-order valence-corrected chi connectivity index (χ3v) is 3.16. The Hall–Kier alpha value is -2.02. The molecule has 1 aromatic heterocycles. The number of H-pyrrole nitrogens is 1. The number of rotatable bonds is 1. The quantitative estimate of drug-likeness (QED) is 0.794. The van der Waals surface area contributed by atoms with Gasteiger partial charge in [-0.05, 0) is 12.1 Å². The van der Waals surface area contributed by atoms with Crippen LogP contribution in [0.15, 0.2) is 16.9 Å². The zero-order chi connectivity index (χ0) is 13.4. The Morgan fingerprint density at radius 1 is 1.21 bits per heavy atom. The maximum atomic E-state index is 13.5. The van der Waals surface area contributed by atoms with Gasteiger partial charge in [-0.15, -0.1) is 0 Å². The van der Waals surface area contributed by atoms with E-state index in [0.717, 1.165) is 19.2 Å². The van der Waals surface area contributed by atoms with Gasteiger partial charge >= 0.3 is 0 Å². The van der Waals surface area contributed by atoms with Gasteiger partial charge in [0, 0.05) is 26.2 Å². The molecule has 1 aliphatic heterocycles. The topological polar surface area (TPSA) is 61.0 Å². The predicted molar refractivity (Wildman–Crippen MR) is 67.4 cm³/mol. The van der Waals surface area contributed by atoms with Gasteiger partial charge in [0.05, 0.1) is 5.52 Å². The van der Waals surface area contributed by atoms with Crippen molar-refractivity contribution in [2.45, 2.75) is 0 Å². The van der Waals surface area contributed by atoms with E-state index in [-0.39, 0.29) is 16.9 Å². The van der Waals surface area contributed by atoms with E-state index in [9.17, 15) is 13.6 Å². The van der Waals surface area contributed by atoms with Crippen molar-refractivity contribution >= 4 is 16.9 Å². The van der Waals surface area contributed by atoms with E-state index in [4.69, 9.17) is 0 Å². The highest BCUT2D eigenvalue weighted by molar-refractivity contribution is 5.76. The van der Waals surface area contributed by atoms with Crippen molar-refractivity contribution in [2.75, 3.05) is 31.1 Å². The number of aromatic amines is 1. The molecule has 0 radical (unpaired) electrons. The van der Waals surface area contributed by atoms with Crippen LogP contribution in [0.2, 0.25) is 0 Å². The minimum absolute atomic E-state index is 0.191. The summed E-state index contributed by atoms with van der Waals surface area (Å²) in [6.07, 6.45) is 0. The van der Waals surface area contributed by atoms with Crippen molar-refractivity contribution in [1.29, 1.82) is 0 Å². The van der Waals surface area contributed by atoms with Gasteiger partial charge in [-0.3, -0.25) is 4.79 Å². The standard InChI is InChI=1S/C12H12F2N4O/c13-7-1-2-8-10(9(7)14)17-12(19)11(16-8)18-5-3-15-4-6-18/h1-2,15H,3-6H2,(H,17,19). The Morgan fingerprint density at radius 3 is 2.68 bits per heavy atom. The van der Waals surface area contributed by atoms with Gasteiger partial charge < -0.3 is 15.2 Å². The molecule has 0 atom stereocenters. The molecule has 19 heavy (non-hydrogen) atoms. The van der Waals surface area contributed by atoms with E-state index < -0.39 is 17.2 Å². The Bertz CT molecular complexity index is 679. The van der Waals surface area contributed by atoms with Crippen molar-refractivity contribution in [3.05, 3.63) is 34.1 Å². The molecule has 1 aromatic carbocycles. The van der Waals surface area contributed by atoms with E-state index in [2.05, 4.69) is 15.3 Å². The number of hydrogen-bond donors (Lipinski definition) is 2. The molecular weight excluding hydrogens is 254 g/mol. The molecule has 0 spiro atoms. The van der Waals surface area contributed by atoms with Gasteiger partial charge in [-0.1, -0.05) is 0 Å². The minimum Gasteiger partial charge on any atom is -0.349 e. The van der Waals surface area contributed by atoms with E-state index in [1.165, 1.54) is 6.07 Å². The summed E-state index contributed by atoms with van der Waals surface area (Å²) in [4.78, 5) is 20.3. The van der Waals surface area contributed by atoms with E-state index in [0.29, 0.717) is 13.1 Å². The molecule has 1 aliphatic rings. The van der Waals surface area contributed by atoms with Crippen LogP contribution in [0.3, 0.4) is 0 Å². The fourth-order valence-corrected chi connectivity index (χ4v) is 2.18. The average Bonchev–Trinajstić information content (AvgIpc) is 2.44. The number of nitrogens with zero attached hydrogens (tertiary/aromatic N) is 2. The lowest BCUT2D eigenvalue weighted by Crippen LogP contribution is -2.45. The van der Waals surface area contributed by atoms with E-state index >= 15 is 0 Å². The number of piperazine rings is 1. The number of aromatic nitrogens is 2. The van der Waals surface area contributed by atoms with Crippen LogP contribution in [0.1, 0.15) is 0 Å². The average molecular weight is 266 g/mol. The lowest BCUT2D eigenvalue weighted by molar-refractivity contribution is 0.514. The molecule has 0 unspecified atom stereocenters. The molecule has 1 fully saturated rings. The van der Waals surface area contributed by atoms with Gasteiger partial charge in [0.1, 0.15) is 5.52 Å². The van der Waals surface area contributed by atoms with Crippen LogP contribution in [0.4, 0.5) is 14.6 Å². The normalized spacial score (nSPS) is 16.0. The monoisotopic (exact) mass is 266 g/mol. The molecule has 2 heterocycles. The molecule has 0 saturated carbocycles. The van der Waals surface area contributed by atoms with E-state index in [1.807, 2.05) is 4.90 Å². The molecule has 2 aromatic rings. The molecule has 0 bridgehead atoms. The second kappa shape index (κ2) is 4.58. The molecule has 100 valence electrons. The Morgan fingerprint density at radius 2 is 1.95 bits per heavy atom. The van der Waals surface area contributed by atoms with Crippen LogP contribution >= 0.6 is 0 Å². The van der Waals surface area contributed by atoms with Crippen LogP contribution in [0.5, 0.6) is 0 Å². The number of anilines is 1. The fraction of sp³-hybridized carbons (Fsp3) is 0.333. The number of benzene rings is 1. The lowest BCUT2D eigenvalue weighted by Gasteiger charge is -2.27. The summed E-state index contributed by atoms with van der Waals surface area (Å²) in [5.41, 5.74) is -0.449. The van der Waals surface area contributed by atoms with Crippen LogP contribution in [-0.4, -0.2) is 36.1 Å². The van der Waals surface area contributed by atoms with Crippen molar-refractivity contribution < 1.29 is 8.78 Å². The van der Waals surface area contributed by atoms with Crippen molar-refractivity contribution in [3.63, 3.8) is 0 Å². The predicted octanol–water partition coefficient (Wildman–Crippen LogP) is 0.611. The first kappa shape index (κ1) is 12.0. The van der Waals surface area contributed by atoms with Gasteiger partial charge in [0.15, 0.2) is 17.5 Å². The summed E-state index contributed by atoms with van der Waals surface area (Å²) in [6, 6.07) is 2.36. The largest absolute Gasteiger partial charge is 0.349 e. The summed E-state index contributed by atoms with van der Waals surface area (Å²) in [5, 5.41) is 3.17. The third-order valence-electron chi connectivity index (χ3n) is 3.16. The van der Waals surface area contributed by atoms with Gasteiger partial charge in [-0.25, -0.2) is 13.8 Å². The Labute approximate surface area is 107 Å². The summed E-state index contributed by atoms with van der Waals surface area (Å²) in [5.74, 6) is -1.83.